The first-order chi connectivity index (χ1) is 7.13. The second-order valence-corrected chi connectivity index (χ2v) is 2.82. The number of halogens is 1. The fourth-order valence-electron chi connectivity index (χ4n) is 1.25. The summed E-state index contributed by atoms with van der Waals surface area (Å²) in [5.41, 5.74) is 5.30. The Morgan fingerprint density at radius 2 is 2.07 bits per heavy atom. The summed E-state index contributed by atoms with van der Waals surface area (Å²) in [7, 11) is 2.75. The molecule has 82 valence electrons. The Balaban J connectivity index is 3.35. The summed E-state index contributed by atoms with van der Waals surface area (Å²) in [6.07, 6.45) is 0. The summed E-state index contributed by atoms with van der Waals surface area (Å²) in [4.78, 5) is 11.4. The van der Waals surface area contributed by atoms with E-state index in [1.165, 1.54) is 14.2 Å². The van der Waals surface area contributed by atoms with Gasteiger partial charge in [-0.3, -0.25) is 4.79 Å². The standard InChI is InChI=1S/C10H12FNO3/c1-14-9-4-6(11)3-7(8(13)5-12)10(9)15-2/h3-4H,5,12H2,1-2H3. The van der Waals surface area contributed by atoms with Gasteiger partial charge in [0, 0.05) is 6.07 Å². The van der Waals surface area contributed by atoms with Gasteiger partial charge < -0.3 is 15.2 Å². The monoisotopic (exact) mass is 213 g/mol. The van der Waals surface area contributed by atoms with Gasteiger partial charge in [-0.15, -0.1) is 0 Å². The third kappa shape index (κ3) is 2.24. The number of carbonyl (C=O) groups excluding carboxylic acids is 1. The van der Waals surface area contributed by atoms with Gasteiger partial charge in [0.1, 0.15) is 5.82 Å². The van der Waals surface area contributed by atoms with Crippen LogP contribution in [0.2, 0.25) is 0 Å². The van der Waals surface area contributed by atoms with Crippen molar-refractivity contribution < 1.29 is 18.7 Å². The van der Waals surface area contributed by atoms with Crippen LogP contribution in [0.25, 0.3) is 0 Å². The number of Topliss-reactive ketones (excluding diaryl/α,β-unsaturated/α-hetero) is 1. The normalized spacial score (nSPS) is 9.87. The molecule has 0 aliphatic heterocycles. The molecule has 1 aromatic rings. The van der Waals surface area contributed by atoms with Crippen LogP contribution in [0.3, 0.4) is 0 Å². The van der Waals surface area contributed by atoms with E-state index >= 15 is 0 Å². The van der Waals surface area contributed by atoms with Crippen LogP contribution in [-0.2, 0) is 0 Å². The molecule has 0 bridgehead atoms. The molecule has 0 aliphatic carbocycles. The predicted octanol–water partition coefficient (Wildman–Crippen LogP) is 0.984. The molecule has 0 saturated heterocycles. The molecule has 1 rings (SSSR count). The van der Waals surface area contributed by atoms with Crippen molar-refractivity contribution in [3.8, 4) is 11.5 Å². The molecule has 4 nitrogen and oxygen atoms in total. The predicted molar refractivity (Wildman–Crippen MR) is 52.9 cm³/mol. The Bertz CT molecular complexity index is 379. The van der Waals surface area contributed by atoms with E-state index in [2.05, 4.69) is 0 Å². The molecule has 0 aromatic heterocycles. The molecule has 0 amide bonds. The third-order valence-corrected chi connectivity index (χ3v) is 1.93. The molecule has 0 spiro atoms. The van der Waals surface area contributed by atoms with Crippen molar-refractivity contribution in [2.75, 3.05) is 20.8 Å². The highest BCUT2D eigenvalue weighted by atomic mass is 19.1. The van der Waals surface area contributed by atoms with Gasteiger partial charge in [-0.05, 0) is 6.07 Å². The highest BCUT2D eigenvalue weighted by Gasteiger charge is 2.17. The van der Waals surface area contributed by atoms with E-state index < -0.39 is 11.6 Å². The number of carbonyl (C=O) groups is 1. The van der Waals surface area contributed by atoms with E-state index in [1.54, 1.807) is 0 Å². The zero-order valence-corrected chi connectivity index (χ0v) is 8.54. The summed E-state index contributed by atoms with van der Waals surface area (Å²) in [5.74, 6) is -0.585. The summed E-state index contributed by atoms with van der Waals surface area (Å²) in [6, 6.07) is 2.22. The zero-order chi connectivity index (χ0) is 11.4. The van der Waals surface area contributed by atoms with E-state index in [9.17, 15) is 9.18 Å². The van der Waals surface area contributed by atoms with E-state index in [-0.39, 0.29) is 23.6 Å². The van der Waals surface area contributed by atoms with E-state index in [0.29, 0.717) is 0 Å². The smallest absolute Gasteiger partial charge is 0.180 e. The molecule has 15 heavy (non-hydrogen) atoms. The zero-order valence-electron chi connectivity index (χ0n) is 8.54. The molecular weight excluding hydrogens is 201 g/mol. The van der Waals surface area contributed by atoms with Crippen molar-refractivity contribution in [2.45, 2.75) is 0 Å². The van der Waals surface area contributed by atoms with Crippen LogP contribution in [0.4, 0.5) is 4.39 Å². The van der Waals surface area contributed by atoms with E-state index in [4.69, 9.17) is 15.2 Å². The van der Waals surface area contributed by atoms with Crippen LogP contribution >= 0.6 is 0 Å². The molecule has 1 aromatic carbocycles. The van der Waals surface area contributed by atoms with Crippen LogP contribution < -0.4 is 15.2 Å². The van der Waals surface area contributed by atoms with Gasteiger partial charge in [0.05, 0.1) is 26.3 Å². The van der Waals surface area contributed by atoms with E-state index in [1.807, 2.05) is 0 Å². The maximum atomic E-state index is 13.1. The van der Waals surface area contributed by atoms with Gasteiger partial charge in [-0.2, -0.15) is 0 Å². The fourth-order valence-corrected chi connectivity index (χ4v) is 1.25. The minimum absolute atomic E-state index is 0.0943. The number of nitrogens with two attached hydrogens (primary N) is 1. The summed E-state index contributed by atoms with van der Waals surface area (Å²) in [5, 5.41) is 0. The third-order valence-electron chi connectivity index (χ3n) is 1.93. The van der Waals surface area contributed by atoms with Crippen molar-refractivity contribution >= 4 is 5.78 Å². The minimum atomic E-state index is -0.565. The van der Waals surface area contributed by atoms with Crippen molar-refractivity contribution in [1.29, 1.82) is 0 Å². The van der Waals surface area contributed by atoms with Gasteiger partial charge in [-0.1, -0.05) is 0 Å². The molecule has 0 heterocycles. The molecule has 2 N–H and O–H groups in total. The second-order valence-electron chi connectivity index (χ2n) is 2.82. The Morgan fingerprint density at radius 1 is 1.40 bits per heavy atom. The Hall–Kier alpha value is -1.62. The summed E-state index contributed by atoms with van der Waals surface area (Å²) in [6.45, 7) is -0.205. The minimum Gasteiger partial charge on any atom is -0.493 e. The van der Waals surface area contributed by atoms with Gasteiger partial charge >= 0.3 is 0 Å². The lowest BCUT2D eigenvalue weighted by Gasteiger charge is -2.11. The lowest BCUT2D eigenvalue weighted by Crippen LogP contribution is -2.15. The van der Waals surface area contributed by atoms with Crippen molar-refractivity contribution in [3.05, 3.63) is 23.5 Å². The lowest BCUT2D eigenvalue weighted by molar-refractivity contribution is 0.0997. The number of hydrogen-bond acceptors (Lipinski definition) is 4. The number of rotatable bonds is 4. The number of benzene rings is 1. The quantitative estimate of drug-likeness (QED) is 0.757. The van der Waals surface area contributed by atoms with E-state index in [0.717, 1.165) is 12.1 Å². The first-order valence-corrected chi connectivity index (χ1v) is 4.28. The molecule has 5 heteroatoms. The largest absolute Gasteiger partial charge is 0.493 e. The van der Waals surface area contributed by atoms with Crippen LogP contribution in [0.1, 0.15) is 10.4 Å². The molecule has 0 saturated carbocycles. The number of ketones is 1. The highest BCUT2D eigenvalue weighted by Crippen LogP contribution is 2.32. The first kappa shape index (κ1) is 11.5. The fraction of sp³-hybridized carbons (Fsp3) is 0.300. The van der Waals surface area contributed by atoms with Crippen molar-refractivity contribution in [2.24, 2.45) is 5.73 Å². The molecule has 0 radical (unpaired) electrons. The maximum absolute atomic E-state index is 13.1. The number of methoxy groups -OCH3 is 2. The molecule has 0 atom stereocenters. The number of hydrogen-bond donors (Lipinski definition) is 1. The molecule has 0 fully saturated rings. The molecule has 0 unspecified atom stereocenters. The average molecular weight is 213 g/mol. The second kappa shape index (κ2) is 4.75. The first-order valence-electron chi connectivity index (χ1n) is 4.28. The van der Waals surface area contributed by atoms with Gasteiger partial charge in [-0.25, -0.2) is 4.39 Å². The van der Waals surface area contributed by atoms with Gasteiger partial charge in [0.2, 0.25) is 0 Å². The van der Waals surface area contributed by atoms with Gasteiger partial charge in [0.25, 0.3) is 0 Å². The Morgan fingerprint density at radius 3 is 2.53 bits per heavy atom. The van der Waals surface area contributed by atoms with Crippen molar-refractivity contribution in [1.82, 2.24) is 0 Å². The Labute approximate surface area is 86.8 Å². The van der Waals surface area contributed by atoms with Crippen LogP contribution in [-0.4, -0.2) is 26.5 Å². The summed E-state index contributed by atoms with van der Waals surface area (Å²) < 4.78 is 23.0. The van der Waals surface area contributed by atoms with Crippen LogP contribution in [0, 0.1) is 5.82 Å². The highest BCUT2D eigenvalue weighted by molar-refractivity contribution is 6.00. The van der Waals surface area contributed by atoms with Gasteiger partial charge in [0.15, 0.2) is 17.3 Å². The summed E-state index contributed by atoms with van der Waals surface area (Å²) >= 11 is 0. The average Bonchev–Trinajstić information content (AvgIpc) is 2.26. The number of ether oxygens (including phenoxy) is 2. The molecular formula is C10H12FNO3. The molecule has 0 aliphatic rings. The Kier molecular flexibility index (Phi) is 3.62. The lowest BCUT2D eigenvalue weighted by atomic mass is 10.1. The van der Waals surface area contributed by atoms with Crippen molar-refractivity contribution in [3.63, 3.8) is 0 Å². The SMILES string of the molecule is COc1cc(F)cc(C(=O)CN)c1OC. The van der Waals surface area contributed by atoms with Crippen LogP contribution in [0.5, 0.6) is 11.5 Å². The maximum Gasteiger partial charge on any atom is 0.180 e. The van der Waals surface area contributed by atoms with Crippen LogP contribution in [0.15, 0.2) is 12.1 Å². The topological polar surface area (TPSA) is 61.5 Å².